The summed E-state index contributed by atoms with van der Waals surface area (Å²) in [5.74, 6) is -1.78. The minimum absolute atomic E-state index is 0.0257. The van der Waals surface area contributed by atoms with Crippen molar-refractivity contribution in [1.29, 1.82) is 0 Å². The van der Waals surface area contributed by atoms with Gasteiger partial charge < -0.3 is 28.6 Å². The zero-order valence-corrected chi connectivity index (χ0v) is 39.1. The van der Waals surface area contributed by atoms with E-state index in [1.807, 2.05) is 36.5 Å². The lowest BCUT2D eigenvalue weighted by atomic mass is 10.1. The standard InChI is InChI=1S/C52H89NO7/c1-6-8-10-12-14-16-18-20-22-24-26-28-30-32-34-36-38-40-42-50(54)59-47-48(46-58-45-44-49(52(56)57)53(3,4)5)60-51(55)43-41-39-37-35-33-31-29-27-25-23-21-19-17-15-13-11-9-7-2/h10,12,14,16,18,20,22,24,26-29,48-49H,6-9,11,13,15,17,19,21,23,25,30-47H2,1-5H3/b12-10+,16-14+,20-18+,24-22+,28-26+,29-27+. The van der Waals surface area contributed by atoms with Crippen molar-refractivity contribution in [1.82, 2.24) is 0 Å². The Balaban J connectivity index is 4.37. The molecule has 8 heteroatoms. The van der Waals surface area contributed by atoms with Crippen molar-refractivity contribution in [2.24, 2.45) is 0 Å². The molecule has 0 heterocycles. The summed E-state index contributed by atoms with van der Waals surface area (Å²) in [5.41, 5.74) is 0. The van der Waals surface area contributed by atoms with Crippen LogP contribution in [0.15, 0.2) is 72.9 Å². The highest BCUT2D eigenvalue weighted by atomic mass is 16.6. The minimum atomic E-state index is -1.13. The topological polar surface area (TPSA) is 102 Å². The lowest BCUT2D eigenvalue weighted by Gasteiger charge is -2.34. The van der Waals surface area contributed by atoms with Gasteiger partial charge in [0.15, 0.2) is 6.10 Å². The van der Waals surface area contributed by atoms with E-state index in [1.54, 1.807) is 21.1 Å². The molecule has 0 saturated carbocycles. The van der Waals surface area contributed by atoms with Crippen molar-refractivity contribution in [3.8, 4) is 0 Å². The molecule has 0 rings (SSSR count). The monoisotopic (exact) mass is 840 g/mol. The largest absolute Gasteiger partial charge is 0.544 e. The normalized spacial score (nSPS) is 13.6. The van der Waals surface area contributed by atoms with Crippen LogP contribution in [0.25, 0.3) is 0 Å². The second-order valence-electron chi connectivity index (χ2n) is 17.1. The fourth-order valence-corrected chi connectivity index (χ4v) is 6.68. The number of aliphatic carboxylic acids is 1. The van der Waals surface area contributed by atoms with Crippen LogP contribution in [0.5, 0.6) is 0 Å². The molecule has 0 amide bonds. The van der Waals surface area contributed by atoms with Gasteiger partial charge in [-0.3, -0.25) is 9.59 Å². The van der Waals surface area contributed by atoms with E-state index in [0.717, 1.165) is 77.0 Å². The lowest BCUT2D eigenvalue weighted by Crippen LogP contribution is -2.55. The quantitative estimate of drug-likeness (QED) is 0.0198. The Morgan fingerprint density at radius 3 is 1.42 bits per heavy atom. The Hall–Kier alpha value is -3.23. The first-order chi connectivity index (χ1) is 29.1. The molecule has 0 radical (unpaired) electrons. The van der Waals surface area contributed by atoms with E-state index < -0.39 is 18.1 Å². The second kappa shape index (κ2) is 42.5. The summed E-state index contributed by atoms with van der Waals surface area (Å²) in [4.78, 5) is 37.0. The average molecular weight is 840 g/mol. The van der Waals surface area contributed by atoms with Crippen molar-refractivity contribution in [2.45, 2.75) is 199 Å². The maximum absolute atomic E-state index is 12.8. The third kappa shape index (κ3) is 40.2. The molecular formula is C52H89NO7. The van der Waals surface area contributed by atoms with Gasteiger partial charge in [-0.15, -0.1) is 0 Å². The van der Waals surface area contributed by atoms with Crippen LogP contribution >= 0.6 is 0 Å². The minimum Gasteiger partial charge on any atom is -0.544 e. The van der Waals surface area contributed by atoms with Crippen molar-refractivity contribution in [2.75, 3.05) is 41.0 Å². The van der Waals surface area contributed by atoms with E-state index in [4.69, 9.17) is 14.2 Å². The van der Waals surface area contributed by atoms with E-state index in [-0.39, 0.29) is 42.7 Å². The first kappa shape index (κ1) is 56.8. The maximum atomic E-state index is 12.8. The smallest absolute Gasteiger partial charge is 0.306 e. The predicted molar refractivity (Wildman–Crippen MR) is 249 cm³/mol. The van der Waals surface area contributed by atoms with Gasteiger partial charge in [0.2, 0.25) is 0 Å². The third-order valence-corrected chi connectivity index (χ3v) is 10.4. The Morgan fingerprint density at radius 2 is 0.933 bits per heavy atom. The van der Waals surface area contributed by atoms with Gasteiger partial charge in [0.05, 0.1) is 40.3 Å². The van der Waals surface area contributed by atoms with Crippen molar-refractivity contribution in [3.05, 3.63) is 72.9 Å². The molecule has 8 nitrogen and oxygen atoms in total. The predicted octanol–water partition coefficient (Wildman–Crippen LogP) is 12.2. The van der Waals surface area contributed by atoms with Crippen LogP contribution in [-0.2, 0) is 28.6 Å². The molecule has 0 aliphatic heterocycles. The molecule has 0 saturated heterocycles. The molecule has 0 N–H and O–H groups in total. The number of hydrogen-bond acceptors (Lipinski definition) is 7. The Morgan fingerprint density at radius 1 is 0.500 bits per heavy atom. The summed E-state index contributed by atoms with van der Waals surface area (Å²) in [6, 6.07) is -0.735. The van der Waals surface area contributed by atoms with Crippen molar-refractivity contribution >= 4 is 17.9 Å². The first-order valence-electron chi connectivity index (χ1n) is 24.0. The van der Waals surface area contributed by atoms with Crippen molar-refractivity contribution in [3.63, 3.8) is 0 Å². The van der Waals surface area contributed by atoms with Gasteiger partial charge in [0.1, 0.15) is 12.6 Å². The second-order valence-corrected chi connectivity index (χ2v) is 17.1. The number of likely N-dealkylation sites (N-methyl/N-ethyl adjacent to an activating group) is 1. The highest BCUT2D eigenvalue weighted by Gasteiger charge is 2.25. The lowest BCUT2D eigenvalue weighted by molar-refractivity contribution is -0.889. The number of unbranched alkanes of at least 4 members (excludes halogenated alkanes) is 20. The third-order valence-electron chi connectivity index (χ3n) is 10.4. The molecule has 2 unspecified atom stereocenters. The highest BCUT2D eigenvalue weighted by Crippen LogP contribution is 2.14. The number of allylic oxidation sites excluding steroid dienone is 12. The van der Waals surface area contributed by atoms with Crippen LogP contribution in [0.2, 0.25) is 0 Å². The zero-order chi connectivity index (χ0) is 44.2. The fourth-order valence-electron chi connectivity index (χ4n) is 6.68. The Labute approximate surface area is 368 Å². The molecule has 2 atom stereocenters. The zero-order valence-electron chi connectivity index (χ0n) is 39.1. The summed E-state index contributed by atoms with van der Waals surface area (Å²) in [6.45, 7) is 4.54. The van der Waals surface area contributed by atoms with E-state index in [9.17, 15) is 19.5 Å². The average Bonchev–Trinajstić information content (AvgIpc) is 3.21. The number of nitrogens with zero attached hydrogens (tertiary/aromatic N) is 1. The number of carboxylic acid groups (broad SMARTS) is 1. The van der Waals surface area contributed by atoms with Gasteiger partial charge in [-0.1, -0.05) is 183 Å². The summed E-state index contributed by atoms with van der Waals surface area (Å²) >= 11 is 0. The molecular weight excluding hydrogens is 751 g/mol. The molecule has 0 spiro atoms. The molecule has 0 aromatic heterocycles. The Kier molecular flexibility index (Phi) is 40.2. The summed E-state index contributed by atoms with van der Waals surface area (Å²) in [6.07, 6.45) is 53.5. The number of ether oxygens (including phenoxy) is 3. The number of carbonyl (C=O) groups is 3. The van der Waals surface area contributed by atoms with Crippen LogP contribution < -0.4 is 5.11 Å². The van der Waals surface area contributed by atoms with Gasteiger partial charge >= 0.3 is 11.9 Å². The maximum Gasteiger partial charge on any atom is 0.306 e. The van der Waals surface area contributed by atoms with E-state index in [0.29, 0.717) is 12.8 Å². The van der Waals surface area contributed by atoms with Gasteiger partial charge in [-0.2, -0.15) is 0 Å². The molecule has 0 aliphatic carbocycles. The van der Waals surface area contributed by atoms with Gasteiger partial charge in [0, 0.05) is 19.3 Å². The number of hydrogen-bond donors (Lipinski definition) is 0. The molecule has 0 bridgehead atoms. The van der Waals surface area contributed by atoms with Gasteiger partial charge in [-0.25, -0.2) is 0 Å². The van der Waals surface area contributed by atoms with Crippen LogP contribution in [0.4, 0.5) is 0 Å². The molecule has 0 aromatic rings. The fraction of sp³-hybridized carbons (Fsp3) is 0.712. The number of esters is 2. The SMILES string of the molecule is CCC/C=C/C=C/C=C/C=C/C=C/CCCCCCCC(=O)OCC(COCCC(C(=O)[O-])[N+](C)(C)C)OC(=O)CCCCCCC/C=C/CCCCCCCCCCC. The molecule has 0 fully saturated rings. The van der Waals surface area contributed by atoms with Crippen LogP contribution in [0.3, 0.4) is 0 Å². The van der Waals surface area contributed by atoms with Crippen LogP contribution in [0.1, 0.15) is 187 Å². The molecule has 60 heavy (non-hydrogen) atoms. The number of carbonyl (C=O) groups excluding carboxylic acids is 3. The number of quaternary nitrogens is 1. The molecule has 344 valence electrons. The van der Waals surface area contributed by atoms with Crippen LogP contribution in [-0.4, -0.2) is 75.5 Å². The molecule has 0 aliphatic rings. The summed E-state index contributed by atoms with van der Waals surface area (Å²) in [7, 11) is 5.39. The van der Waals surface area contributed by atoms with E-state index in [1.165, 1.54) is 77.0 Å². The Bertz CT molecular complexity index is 1210. The highest BCUT2D eigenvalue weighted by molar-refractivity contribution is 5.70. The molecule has 0 aromatic carbocycles. The summed E-state index contributed by atoms with van der Waals surface area (Å²) < 4.78 is 17.2. The van der Waals surface area contributed by atoms with Crippen LogP contribution in [0, 0.1) is 0 Å². The van der Waals surface area contributed by atoms with E-state index in [2.05, 4.69) is 50.3 Å². The summed E-state index contributed by atoms with van der Waals surface area (Å²) in [5, 5.41) is 11.6. The number of rotatable bonds is 42. The van der Waals surface area contributed by atoms with Crippen molar-refractivity contribution < 1.29 is 38.2 Å². The number of carboxylic acids is 1. The first-order valence-corrected chi connectivity index (χ1v) is 24.0. The van der Waals surface area contributed by atoms with E-state index >= 15 is 0 Å². The van der Waals surface area contributed by atoms with Gasteiger partial charge in [0.25, 0.3) is 0 Å². The van der Waals surface area contributed by atoms with Gasteiger partial charge in [-0.05, 0) is 57.8 Å².